The SMILES string of the molecule is N#C/C=C/C=C/C1CCC(C2CCC(c3ccc(OC(F)(F)F)cc3)CC2)CC1. The number of ether oxygens (including phenoxy) is 1. The molecule has 29 heavy (non-hydrogen) atoms. The maximum atomic E-state index is 12.3. The Morgan fingerprint density at radius 1 is 0.862 bits per heavy atom. The molecule has 0 amide bonds. The van der Waals surface area contributed by atoms with Crippen molar-refractivity contribution >= 4 is 0 Å². The summed E-state index contributed by atoms with van der Waals surface area (Å²) in [5, 5.41) is 8.51. The first-order valence-corrected chi connectivity index (χ1v) is 10.5. The molecule has 0 spiro atoms. The van der Waals surface area contributed by atoms with Gasteiger partial charge in [-0.15, -0.1) is 13.2 Å². The lowest BCUT2D eigenvalue weighted by Gasteiger charge is -2.37. The molecule has 0 radical (unpaired) electrons. The van der Waals surface area contributed by atoms with Crippen molar-refractivity contribution in [1.82, 2.24) is 0 Å². The van der Waals surface area contributed by atoms with Crippen molar-refractivity contribution in [2.75, 3.05) is 0 Å². The molecule has 1 aromatic rings. The van der Waals surface area contributed by atoms with E-state index in [4.69, 9.17) is 5.26 Å². The Labute approximate surface area is 171 Å². The van der Waals surface area contributed by atoms with Crippen LogP contribution in [0.15, 0.2) is 48.6 Å². The van der Waals surface area contributed by atoms with Gasteiger partial charge < -0.3 is 4.74 Å². The average Bonchev–Trinajstić information content (AvgIpc) is 2.71. The van der Waals surface area contributed by atoms with Crippen LogP contribution in [0.4, 0.5) is 13.2 Å². The third kappa shape index (κ3) is 6.66. The number of benzene rings is 1. The van der Waals surface area contributed by atoms with Gasteiger partial charge in [0.25, 0.3) is 0 Å². The van der Waals surface area contributed by atoms with Crippen LogP contribution in [0.3, 0.4) is 0 Å². The van der Waals surface area contributed by atoms with E-state index in [1.165, 1.54) is 56.7 Å². The molecule has 2 saturated carbocycles. The van der Waals surface area contributed by atoms with Gasteiger partial charge in [-0.3, -0.25) is 0 Å². The number of nitrogens with zero attached hydrogens (tertiary/aromatic N) is 1. The van der Waals surface area contributed by atoms with Crippen molar-refractivity contribution in [3.63, 3.8) is 0 Å². The minimum Gasteiger partial charge on any atom is -0.406 e. The third-order valence-electron chi connectivity index (χ3n) is 6.51. The predicted molar refractivity (Wildman–Crippen MR) is 107 cm³/mol. The molecule has 5 heteroatoms. The first-order valence-electron chi connectivity index (χ1n) is 10.5. The Balaban J connectivity index is 1.43. The van der Waals surface area contributed by atoms with E-state index in [2.05, 4.69) is 10.8 Å². The molecule has 0 atom stereocenters. The molecule has 0 unspecified atom stereocenters. The molecular formula is C24H28F3NO. The molecule has 0 bridgehead atoms. The fourth-order valence-corrected chi connectivity index (χ4v) is 4.99. The van der Waals surface area contributed by atoms with Gasteiger partial charge in [0.15, 0.2) is 0 Å². The number of halogens is 3. The van der Waals surface area contributed by atoms with Crippen molar-refractivity contribution in [3.05, 3.63) is 54.1 Å². The minimum atomic E-state index is -4.64. The van der Waals surface area contributed by atoms with E-state index >= 15 is 0 Å². The summed E-state index contributed by atoms with van der Waals surface area (Å²) in [7, 11) is 0. The monoisotopic (exact) mass is 403 g/mol. The number of nitriles is 1. The summed E-state index contributed by atoms with van der Waals surface area (Å²) in [5.74, 6) is 2.50. The topological polar surface area (TPSA) is 33.0 Å². The van der Waals surface area contributed by atoms with Gasteiger partial charge in [0.05, 0.1) is 6.07 Å². The van der Waals surface area contributed by atoms with E-state index in [0.717, 1.165) is 30.2 Å². The highest BCUT2D eigenvalue weighted by Crippen LogP contribution is 2.44. The summed E-state index contributed by atoms with van der Waals surface area (Å²) in [4.78, 5) is 0. The normalized spacial score (nSPS) is 28.5. The first-order chi connectivity index (χ1) is 13.9. The zero-order valence-corrected chi connectivity index (χ0v) is 16.6. The van der Waals surface area contributed by atoms with Crippen LogP contribution >= 0.6 is 0 Å². The number of hydrogen-bond acceptors (Lipinski definition) is 2. The minimum absolute atomic E-state index is 0.149. The fraction of sp³-hybridized carbons (Fsp3) is 0.542. The average molecular weight is 403 g/mol. The fourth-order valence-electron chi connectivity index (χ4n) is 4.99. The highest BCUT2D eigenvalue weighted by molar-refractivity contribution is 5.30. The van der Waals surface area contributed by atoms with E-state index < -0.39 is 6.36 Å². The quantitative estimate of drug-likeness (QED) is 0.382. The van der Waals surface area contributed by atoms with Crippen LogP contribution in [0.1, 0.15) is 62.8 Å². The van der Waals surface area contributed by atoms with Crippen LogP contribution in [0.5, 0.6) is 5.75 Å². The number of rotatable bonds is 5. The summed E-state index contributed by atoms with van der Waals surface area (Å²) in [6.45, 7) is 0. The summed E-state index contributed by atoms with van der Waals surface area (Å²) in [6.07, 6.45) is 12.5. The lowest BCUT2D eigenvalue weighted by atomic mass is 9.68. The predicted octanol–water partition coefficient (Wildman–Crippen LogP) is 7.30. The van der Waals surface area contributed by atoms with Gasteiger partial charge in [0, 0.05) is 6.08 Å². The van der Waals surface area contributed by atoms with Crippen LogP contribution in [-0.2, 0) is 0 Å². The summed E-state index contributed by atoms with van der Waals surface area (Å²) in [5.41, 5.74) is 1.12. The second-order valence-corrected chi connectivity index (χ2v) is 8.28. The van der Waals surface area contributed by atoms with Gasteiger partial charge in [-0.05, 0) is 92.7 Å². The summed E-state index contributed by atoms with van der Waals surface area (Å²) < 4.78 is 40.8. The van der Waals surface area contributed by atoms with Gasteiger partial charge in [-0.25, -0.2) is 0 Å². The highest BCUT2D eigenvalue weighted by atomic mass is 19.4. The maximum Gasteiger partial charge on any atom is 0.573 e. The molecule has 156 valence electrons. The van der Waals surface area contributed by atoms with Crippen LogP contribution in [-0.4, -0.2) is 6.36 Å². The van der Waals surface area contributed by atoms with Crippen LogP contribution in [0.2, 0.25) is 0 Å². The number of alkyl halides is 3. The molecule has 2 nitrogen and oxygen atoms in total. The van der Waals surface area contributed by atoms with Gasteiger partial charge in [0.2, 0.25) is 0 Å². The van der Waals surface area contributed by atoms with Gasteiger partial charge in [-0.1, -0.05) is 30.4 Å². The van der Waals surface area contributed by atoms with E-state index in [1.54, 1.807) is 18.2 Å². The molecule has 3 rings (SSSR count). The van der Waals surface area contributed by atoms with Crippen molar-refractivity contribution < 1.29 is 17.9 Å². The van der Waals surface area contributed by atoms with Gasteiger partial charge >= 0.3 is 6.36 Å². The van der Waals surface area contributed by atoms with Crippen molar-refractivity contribution in [2.45, 2.75) is 63.6 Å². The van der Waals surface area contributed by atoms with Crippen molar-refractivity contribution in [1.29, 1.82) is 5.26 Å². The molecule has 2 aliphatic carbocycles. The maximum absolute atomic E-state index is 12.3. The molecule has 1 aromatic carbocycles. The van der Waals surface area contributed by atoms with E-state index in [-0.39, 0.29) is 5.75 Å². The Morgan fingerprint density at radius 3 is 2.00 bits per heavy atom. The molecular weight excluding hydrogens is 375 g/mol. The Bertz CT molecular complexity index is 729. The Hall–Kier alpha value is -2.22. The molecule has 0 heterocycles. The molecule has 2 aliphatic rings. The van der Waals surface area contributed by atoms with Crippen LogP contribution in [0, 0.1) is 29.1 Å². The standard InChI is InChI=1S/C24H28F3NO/c25-24(26,27)29-23-15-13-22(14-16-23)21-11-9-20(10-12-21)19-7-5-18(6-8-19)4-2-1-3-17-28/h1-4,13-16,18-21H,5-12H2/b3-1+,4-2+. The Morgan fingerprint density at radius 2 is 1.45 bits per heavy atom. The van der Waals surface area contributed by atoms with Crippen LogP contribution in [0.25, 0.3) is 0 Å². The van der Waals surface area contributed by atoms with Crippen LogP contribution < -0.4 is 4.74 Å². The highest BCUT2D eigenvalue weighted by Gasteiger charge is 2.32. The molecule has 0 aromatic heterocycles. The molecule has 0 saturated heterocycles. The largest absolute Gasteiger partial charge is 0.573 e. The molecule has 0 N–H and O–H groups in total. The van der Waals surface area contributed by atoms with Crippen molar-refractivity contribution in [3.8, 4) is 11.8 Å². The number of hydrogen-bond donors (Lipinski definition) is 0. The number of allylic oxidation sites excluding steroid dienone is 4. The summed E-state index contributed by atoms with van der Waals surface area (Å²) in [6, 6.07) is 8.42. The Kier molecular flexibility index (Phi) is 7.41. The first kappa shape index (κ1) is 21.5. The second kappa shape index (κ2) is 10.0. The van der Waals surface area contributed by atoms with Crippen molar-refractivity contribution in [2.24, 2.45) is 17.8 Å². The van der Waals surface area contributed by atoms with Gasteiger partial charge in [0.1, 0.15) is 5.75 Å². The lowest BCUT2D eigenvalue weighted by molar-refractivity contribution is -0.274. The smallest absolute Gasteiger partial charge is 0.406 e. The molecule has 2 fully saturated rings. The second-order valence-electron chi connectivity index (χ2n) is 8.28. The zero-order chi connectivity index (χ0) is 20.7. The summed E-state index contributed by atoms with van der Waals surface area (Å²) >= 11 is 0. The van der Waals surface area contributed by atoms with Gasteiger partial charge in [-0.2, -0.15) is 5.26 Å². The van der Waals surface area contributed by atoms with E-state index in [9.17, 15) is 13.2 Å². The lowest BCUT2D eigenvalue weighted by Crippen LogP contribution is -2.25. The third-order valence-corrected chi connectivity index (χ3v) is 6.51. The molecule has 0 aliphatic heterocycles. The zero-order valence-electron chi connectivity index (χ0n) is 16.6. The van der Waals surface area contributed by atoms with E-state index in [0.29, 0.717) is 11.8 Å². The van der Waals surface area contributed by atoms with E-state index in [1.807, 2.05) is 12.1 Å².